The van der Waals surface area contributed by atoms with Gasteiger partial charge in [0.25, 0.3) is 0 Å². The molecule has 1 saturated carbocycles. The third-order valence-electron chi connectivity index (χ3n) is 5.63. The zero-order valence-electron chi connectivity index (χ0n) is 16.7. The summed E-state index contributed by atoms with van der Waals surface area (Å²) in [4.78, 5) is 39.6. The van der Waals surface area contributed by atoms with Crippen molar-refractivity contribution in [3.63, 3.8) is 0 Å². The number of amides is 1. The Hall–Kier alpha value is -2.89. The van der Waals surface area contributed by atoms with Crippen LogP contribution in [-0.4, -0.2) is 33.8 Å². The molecule has 3 atom stereocenters. The predicted octanol–water partition coefficient (Wildman–Crippen LogP) is 3.62. The normalized spacial score (nSPS) is 20.4. The van der Waals surface area contributed by atoms with Gasteiger partial charge >= 0.3 is 5.97 Å². The van der Waals surface area contributed by atoms with Crippen LogP contribution in [0.4, 0.5) is 0 Å². The first-order valence-electron chi connectivity index (χ1n) is 10.2. The molecular formula is C23H28N2O4. The van der Waals surface area contributed by atoms with E-state index in [0.717, 1.165) is 23.0 Å². The lowest BCUT2D eigenvalue weighted by molar-refractivity contribution is -0.142. The average Bonchev–Trinajstić information content (AvgIpc) is 3.25. The number of rotatable bonds is 9. The highest BCUT2D eigenvalue weighted by molar-refractivity contribution is 5.87. The van der Waals surface area contributed by atoms with E-state index in [1.165, 1.54) is 0 Å². The molecule has 154 valence electrons. The monoisotopic (exact) mass is 396 g/mol. The number of carboxylic acid groups (broad SMARTS) is 1. The van der Waals surface area contributed by atoms with Crippen molar-refractivity contribution < 1.29 is 19.5 Å². The van der Waals surface area contributed by atoms with Crippen molar-refractivity contribution in [1.29, 1.82) is 0 Å². The van der Waals surface area contributed by atoms with E-state index in [2.05, 4.69) is 10.3 Å². The van der Waals surface area contributed by atoms with Crippen LogP contribution in [0.2, 0.25) is 0 Å². The van der Waals surface area contributed by atoms with E-state index >= 15 is 0 Å². The SMILES string of the molecule is CC/C=C/CC1C(=O)CCC1CC(=O)N[C@H](Cc1cc2ccccc2[nH]1)C(=O)O. The highest BCUT2D eigenvalue weighted by Gasteiger charge is 2.35. The summed E-state index contributed by atoms with van der Waals surface area (Å²) >= 11 is 0. The fraction of sp³-hybridized carbons (Fsp3) is 0.435. The van der Waals surface area contributed by atoms with E-state index in [1.807, 2.05) is 49.4 Å². The quantitative estimate of drug-likeness (QED) is 0.564. The van der Waals surface area contributed by atoms with Crippen molar-refractivity contribution in [2.45, 2.75) is 51.5 Å². The lowest BCUT2D eigenvalue weighted by Gasteiger charge is -2.19. The van der Waals surface area contributed by atoms with Gasteiger partial charge < -0.3 is 15.4 Å². The van der Waals surface area contributed by atoms with Crippen LogP contribution >= 0.6 is 0 Å². The van der Waals surface area contributed by atoms with Gasteiger partial charge in [0.15, 0.2) is 0 Å². The van der Waals surface area contributed by atoms with E-state index in [-0.39, 0.29) is 36.4 Å². The fourth-order valence-corrected chi connectivity index (χ4v) is 4.11. The Morgan fingerprint density at radius 3 is 2.83 bits per heavy atom. The number of ketones is 1. The first kappa shape index (κ1) is 20.8. The van der Waals surface area contributed by atoms with Gasteiger partial charge in [-0.2, -0.15) is 0 Å². The number of carboxylic acids is 1. The van der Waals surface area contributed by atoms with Crippen LogP contribution in [0, 0.1) is 11.8 Å². The maximum atomic E-state index is 12.5. The van der Waals surface area contributed by atoms with Crippen LogP contribution in [0.1, 0.15) is 44.7 Å². The van der Waals surface area contributed by atoms with E-state index in [0.29, 0.717) is 19.3 Å². The van der Waals surface area contributed by atoms with Crippen LogP contribution in [0.3, 0.4) is 0 Å². The van der Waals surface area contributed by atoms with Gasteiger partial charge in [-0.3, -0.25) is 9.59 Å². The molecule has 1 amide bonds. The predicted molar refractivity (Wildman–Crippen MR) is 111 cm³/mol. The van der Waals surface area contributed by atoms with Crippen molar-refractivity contribution in [2.75, 3.05) is 0 Å². The number of aromatic nitrogens is 1. The van der Waals surface area contributed by atoms with Crippen LogP contribution in [0.5, 0.6) is 0 Å². The molecule has 1 aromatic heterocycles. The Labute approximate surface area is 170 Å². The smallest absolute Gasteiger partial charge is 0.326 e. The average molecular weight is 396 g/mol. The molecule has 3 rings (SSSR count). The van der Waals surface area contributed by atoms with Crippen molar-refractivity contribution in [3.8, 4) is 0 Å². The molecule has 3 N–H and O–H groups in total. The number of H-pyrrole nitrogens is 1. The van der Waals surface area contributed by atoms with E-state index in [1.54, 1.807) is 0 Å². The van der Waals surface area contributed by atoms with Crippen molar-refractivity contribution >= 4 is 28.6 Å². The number of benzene rings is 1. The Morgan fingerprint density at radius 2 is 2.10 bits per heavy atom. The van der Waals surface area contributed by atoms with Gasteiger partial charge in [-0.1, -0.05) is 37.3 Å². The summed E-state index contributed by atoms with van der Waals surface area (Å²) < 4.78 is 0. The molecule has 0 radical (unpaired) electrons. The molecule has 0 aliphatic heterocycles. The minimum absolute atomic E-state index is 0.0217. The van der Waals surface area contributed by atoms with Gasteiger partial charge in [-0.05, 0) is 42.7 Å². The maximum Gasteiger partial charge on any atom is 0.326 e. The van der Waals surface area contributed by atoms with E-state index in [4.69, 9.17) is 0 Å². The number of aromatic amines is 1. The third kappa shape index (κ3) is 5.34. The number of nitrogens with one attached hydrogen (secondary N) is 2. The third-order valence-corrected chi connectivity index (χ3v) is 5.63. The van der Waals surface area contributed by atoms with Crippen molar-refractivity contribution in [3.05, 3.63) is 48.2 Å². The number of aliphatic carboxylic acids is 1. The molecule has 1 fully saturated rings. The Kier molecular flexibility index (Phi) is 6.86. The van der Waals surface area contributed by atoms with E-state index < -0.39 is 12.0 Å². The molecule has 6 heteroatoms. The second-order valence-corrected chi connectivity index (χ2v) is 7.74. The number of hydrogen-bond donors (Lipinski definition) is 3. The Bertz CT molecular complexity index is 881. The standard InChI is InChI=1S/C23H28N2O4/c1-2-3-4-8-18-15(10-11-21(18)26)13-22(27)25-20(23(28)29)14-17-12-16-7-5-6-9-19(16)24-17/h3-7,9,12,15,18,20,24H,2,8,10-11,13-14H2,1H3,(H,25,27)(H,28,29)/b4-3+/t15?,18?,20-/m1/s1. The molecule has 1 aliphatic rings. The number of carbonyl (C=O) groups excluding carboxylic acids is 2. The summed E-state index contributed by atoms with van der Waals surface area (Å²) in [6, 6.07) is 8.61. The highest BCUT2D eigenvalue weighted by atomic mass is 16.4. The lowest BCUT2D eigenvalue weighted by atomic mass is 9.89. The molecular weight excluding hydrogens is 368 g/mol. The molecule has 1 aromatic carbocycles. The molecule has 2 aromatic rings. The number of hydrogen-bond acceptors (Lipinski definition) is 3. The summed E-state index contributed by atoms with van der Waals surface area (Å²) in [5.74, 6) is -1.33. The number of para-hydroxylation sites is 1. The number of fused-ring (bicyclic) bond motifs is 1. The molecule has 29 heavy (non-hydrogen) atoms. The maximum absolute atomic E-state index is 12.5. The van der Waals surface area contributed by atoms with Gasteiger partial charge in [-0.25, -0.2) is 4.79 Å². The second kappa shape index (κ2) is 9.54. The van der Waals surface area contributed by atoms with Gasteiger partial charge in [0, 0.05) is 36.4 Å². The highest BCUT2D eigenvalue weighted by Crippen LogP contribution is 2.34. The largest absolute Gasteiger partial charge is 0.480 e. The summed E-state index contributed by atoms with van der Waals surface area (Å²) in [6.07, 6.45) is 7.17. The fourth-order valence-electron chi connectivity index (χ4n) is 4.11. The van der Waals surface area contributed by atoms with Crippen molar-refractivity contribution in [2.24, 2.45) is 11.8 Å². The lowest BCUT2D eigenvalue weighted by Crippen LogP contribution is -2.43. The summed E-state index contributed by atoms with van der Waals surface area (Å²) in [6.45, 7) is 2.04. The van der Waals surface area contributed by atoms with Crippen molar-refractivity contribution in [1.82, 2.24) is 10.3 Å². The molecule has 2 unspecified atom stereocenters. The van der Waals surface area contributed by atoms with Gasteiger partial charge in [-0.15, -0.1) is 0 Å². The minimum Gasteiger partial charge on any atom is -0.480 e. The Balaban J connectivity index is 1.61. The molecule has 0 saturated heterocycles. The van der Waals surface area contributed by atoms with Crippen LogP contribution in [0.25, 0.3) is 10.9 Å². The van der Waals surface area contributed by atoms with E-state index in [9.17, 15) is 19.5 Å². The first-order chi connectivity index (χ1) is 14.0. The zero-order valence-corrected chi connectivity index (χ0v) is 16.7. The van der Waals surface area contributed by atoms with Crippen LogP contribution in [-0.2, 0) is 20.8 Å². The van der Waals surface area contributed by atoms with Crippen LogP contribution < -0.4 is 5.32 Å². The molecule has 6 nitrogen and oxygen atoms in total. The minimum atomic E-state index is -1.07. The summed E-state index contributed by atoms with van der Waals surface area (Å²) in [5.41, 5.74) is 1.70. The van der Waals surface area contributed by atoms with Gasteiger partial charge in [0.1, 0.15) is 11.8 Å². The number of carbonyl (C=O) groups is 3. The van der Waals surface area contributed by atoms with Gasteiger partial charge in [0.05, 0.1) is 0 Å². The molecule has 0 bridgehead atoms. The molecule has 0 spiro atoms. The summed E-state index contributed by atoms with van der Waals surface area (Å²) in [7, 11) is 0. The zero-order chi connectivity index (χ0) is 20.8. The molecule has 1 aliphatic carbocycles. The number of allylic oxidation sites excluding steroid dienone is 2. The number of Topliss-reactive ketones (excluding diaryl/α,β-unsaturated/α-hetero) is 1. The first-order valence-corrected chi connectivity index (χ1v) is 10.2. The van der Waals surface area contributed by atoms with Crippen LogP contribution in [0.15, 0.2) is 42.5 Å². The summed E-state index contributed by atoms with van der Waals surface area (Å²) in [5, 5.41) is 13.2. The molecule has 1 heterocycles. The topological polar surface area (TPSA) is 99.3 Å². The second-order valence-electron chi connectivity index (χ2n) is 7.74. The Morgan fingerprint density at radius 1 is 1.31 bits per heavy atom. The van der Waals surface area contributed by atoms with Gasteiger partial charge in [0.2, 0.25) is 5.91 Å².